The molecule has 7 heteroatoms. The molecule has 1 aliphatic heterocycles. The highest BCUT2D eigenvalue weighted by molar-refractivity contribution is 7.80. The van der Waals surface area contributed by atoms with E-state index in [2.05, 4.69) is 39.9 Å². The molecule has 0 spiro atoms. The average Bonchev–Trinajstić information content (AvgIpc) is 2.66. The van der Waals surface area contributed by atoms with Gasteiger partial charge in [-0.15, -0.1) is 0 Å². The van der Waals surface area contributed by atoms with Crippen molar-refractivity contribution in [2.24, 2.45) is 0 Å². The molecule has 26 heavy (non-hydrogen) atoms. The van der Waals surface area contributed by atoms with Gasteiger partial charge in [-0.1, -0.05) is 53.5 Å². The minimum Gasteiger partial charge on any atom is -0.381 e. The molecular weight excluding hydrogens is 389 g/mol. The summed E-state index contributed by atoms with van der Waals surface area (Å²) >= 11 is 17.7. The van der Waals surface area contributed by atoms with Crippen molar-refractivity contribution >= 4 is 46.4 Å². The lowest BCUT2D eigenvalue weighted by Gasteiger charge is -2.38. The van der Waals surface area contributed by atoms with Crippen LogP contribution in [0.5, 0.6) is 0 Å². The Morgan fingerprint density at radius 1 is 1.19 bits per heavy atom. The van der Waals surface area contributed by atoms with Crippen molar-refractivity contribution in [3.05, 3.63) is 57.7 Å². The summed E-state index contributed by atoms with van der Waals surface area (Å²) in [5.41, 5.74) is 2.00. The van der Waals surface area contributed by atoms with Crippen LogP contribution >= 0.6 is 35.4 Å². The predicted molar refractivity (Wildman–Crippen MR) is 111 cm³/mol. The van der Waals surface area contributed by atoms with Crippen LogP contribution < -0.4 is 10.6 Å². The number of pyridine rings is 1. The van der Waals surface area contributed by atoms with E-state index in [0.29, 0.717) is 26.7 Å². The van der Waals surface area contributed by atoms with Gasteiger partial charge >= 0.3 is 0 Å². The van der Waals surface area contributed by atoms with E-state index in [9.17, 15) is 0 Å². The number of aryl methyl sites for hydroxylation is 1. The number of benzene rings is 1. The van der Waals surface area contributed by atoms with Gasteiger partial charge in [0, 0.05) is 25.2 Å². The highest BCUT2D eigenvalue weighted by Crippen LogP contribution is 2.34. The van der Waals surface area contributed by atoms with Crippen molar-refractivity contribution in [2.75, 3.05) is 25.1 Å². The van der Waals surface area contributed by atoms with Gasteiger partial charge in [-0.05, 0) is 43.6 Å². The molecule has 0 aliphatic carbocycles. The molecular formula is C19H21Cl2N3OS. The molecule has 2 N–H and O–H groups in total. The molecule has 0 bridgehead atoms. The third-order valence-corrected chi connectivity index (χ3v) is 5.68. The number of hydrogen-bond acceptors (Lipinski definition) is 3. The first-order chi connectivity index (χ1) is 12.5. The normalized spacial score (nSPS) is 16.1. The fourth-order valence-electron chi connectivity index (χ4n) is 3.17. The molecule has 0 atom stereocenters. The van der Waals surface area contributed by atoms with Crippen molar-refractivity contribution < 1.29 is 4.74 Å². The Kier molecular flexibility index (Phi) is 6.35. The lowest BCUT2D eigenvalue weighted by molar-refractivity contribution is 0.0515. The van der Waals surface area contributed by atoms with Crippen molar-refractivity contribution in [3.63, 3.8) is 0 Å². The van der Waals surface area contributed by atoms with Crippen molar-refractivity contribution in [1.29, 1.82) is 0 Å². The summed E-state index contributed by atoms with van der Waals surface area (Å²) in [7, 11) is 0. The quantitative estimate of drug-likeness (QED) is 0.714. The van der Waals surface area contributed by atoms with Crippen molar-refractivity contribution in [3.8, 4) is 0 Å². The van der Waals surface area contributed by atoms with Crippen molar-refractivity contribution in [2.45, 2.75) is 25.2 Å². The number of thiocarbonyl (C=S) groups is 1. The smallest absolute Gasteiger partial charge is 0.172 e. The van der Waals surface area contributed by atoms with E-state index < -0.39 is 0 Å². The topological polar surface area (TPSA) is 46.2 Å². The second kappa shape index (κ2) is 8.53. The zero-order valence-corrected chi connectivity index (χ0v) is 16.8. The van der Waals surface area contributed by atoms with E-state index in [1.165, 1.54) is 5.56 Å². The number of hydrogen-bond donors (Lipinski definition) is 2. The lowest BCUT2D eigenvalue weighted by Crippen LogP contribution is -2.45. The molecule has 3 rings (SSSR count). The minimum atomic E-state index is -0.00160. The summed E-state index contributed by atoms with van der Waals surface area (Å²) in [4.78, 5) is 4.36. The van der Waals surface area contributed by atoms with E-state index in [0.717, 1.165) is 32.6 Å². The summed E-state index contributed by atoms with van der Waals surface area (Å²) < 4.78 is 5.57. The Hall–Kier alpha value is -1.40. The van der Waals surface area contributed by atoms with Crippen LogP contribution in [0.4, 0.5) is 5.82 Å². The molecule has 1 aromatic carbocycles. The zero-order chi connectivity index (χ0) is 18.6. The van der Waals surface area contributed by atoms with Gasteiger partial charge in [-0.2, -0.15) is 0 Å². The Labute approximate surface area is 169 Å². The van der Waals surface area contributed by atoms with Crippen LogP contribution in [-0.4, -0.2) is 29.9 Å². The molecule has 0 saturated carbocycles. The minimum absolute atomic E-state index is 0.00160. The zero-order valence-electron chi connectivity index (χ0n) is 14.5. The summed E-state index contributed by atoms with van der Waals surface area (Å²) in [5, 5.41) is 7.87. The predicted octanol–water partition coefficient (Wildman–Crippen LogP) is 4.73. The molecule has 138 valence electrons. The van der Waals surface area contributed by atoms with E-state index in [1.807, 2.05) is 13.0 Å². The van der Waals surface area contributed by atoms with Gasteiger partial charge in [0.2, 0.25) is 0 Å². The number of anilines is 1. The van der Waals surface area contributed by atoms with Gasteiger partial charge in [0.25, 0.3) is 0 Å². The average molecular weight is 410 g/mol. The monoisotopic (exact) mass is 409 g/mol. The van der Waals surface area contributed by atoms with Crippen LogP contribution in [0.3, 0.4) is 0 Å². The third kappa shape index (κ3) is 4.46. The van der Waals surface area contributed by atoms with Crippen LogP contribution in [0.25, 0.3) is 0 Å². The van der Waals surface area contributed by atoms with Crippen LogP contribution in [0.15, 0.2) is 36.4 Å². The standard InChI is InChI=1S/C19H21Cl2N3OS/c1-13-15(20)11-16(21)17(23-13)24-18(26)22-12-19(7-9-25-10-8-19)14-5-3-2-4-6-14/h2-6,11H,7-10,12H2,1H3,(H2,22,23,24,26). The number of nitrogens with one attached hydrogen (secondary N) is 2. The molecule has 0 radical (unpaired) electrons. The van der Waals surface area contributed by atoms with Crippen LogP contribution in [0.1, 0.15) is 24.1 Å². The fourth-order valence-corrected chi connectivity index (χ4v) is 3.74. The maximum atomic E-state index is 6.20. The number of rotatable bonds is 4. The van der Waals surface area contributed by atoms with Crippen LogP contribution in [-0.2, 0) is 10.2 Å². The second-order valence-corrected chi connectivity index (χ2v) is 7.68. The SMILES string of the molecule is Cc1nc(NC(=S)NCC2(c3ccccc3)CCOCC2)c(Cl)cc1Cl. The van der Waals surface area contributed by atoms with E-state index in [4.69, 9.17) is 40.2 Å². The molecule has 1 aromatic heterocycles. The first-order valence-electron chi connectivity index (χ1n) is 8.51. The summed E-state index contributed by atoms with van der Waals surface area (Å²) in [5.74, 6) is 0.506. The molecule has 1 aliphatic rings. The Morgan fingerprint density at radius 2 is 1.88 bits per heavy atom. The lowest BCUT2D eigenvalue weighted by atomic mass is 9.74. The summed E-state index contributed by atoms with van der Waals surface area (Å²) in [6, 6.07) is 12.2. The molecule has 1 fully saturated rings. The maximum absolute atomic E-state index is 6.20. The van der Waals surface area contributed by atoms with Gasteiger partial charge in [-0.3, -0.25) is 0 Å². The van der Waals surface area contributed by atoms with Gasteiger partial charge < -0.3 is 15.4 Å². The number of ether oxygens (including phenoxy) is 1. The van der Waals surface area contributed by atoms with Crippen molar-refractivity contribution in [1.82, 2.24) is 10.3 Å². The third-order valence-electron chi connectivity index (χ3n) is 4.76. The summed E-state index contributed by atoms with van der Waals surface area (Å²) in [6.07, 6.45) is 1.90. The first-order valence-corrected chi connectivity index (χ1v) is 9.67. The Morgan fingerprint density at radius 3 is 2.58 bits per heavy atom. The van der Waals surface area contributed by atoms with E-state index in [1.54, 1.807) is 6.07 Å². The highest BCUT2D eigenvalue weighted by atomic mass is 35.5. The molecule has 0 amide bonds. The van der Waals surface area contributed by atoms with E-state index in [-0.39, 0.29) is 5.41 Å². The summed E-state index contributed by atoms with van der Waals surface area (Å²) in [6.45, 7) is 4.05. The number of aromatic nitrogens is 1. The van der Waals surface area contributed by atoms with E-state index >= 15 is 0 Å². The largest absolute Gasteiger partial charge is 0.381 e. The Balaban J connectivity index is 1.70. The second-order valence-electron chi connectivity index (χ2n) is 6.45. The first kappa shape index (κ1) is 19.4. The fraction of sp³-hybridized carbons (Fsp3) is 0.368. The van der Waals surface area contributed by atoms with Gasteiger partial charge in [0.15, 0.2) is 10.9 Å². The molecule has 4 nitrogen and oxygen atoms in total. The van der Waals surface area contributed by atoms with Gasteiger partial charge in [0.1, 0.15) is 0 Å². The van der Waals surface area contributed by atoms with Gasteiger partial charge in [0.05, 0.1) is 15.7 Å². The molecule has 1 saturated heterocycles. The number of halogens is 2. The molecule has 2 heterocycles. The Bertz CT molecular complexity index is 780. The highest BCUT2D eigenvalue weighted by Gasteiger charge is 2.34. The maximum Gasteiger partial charge on any atom is 0.172 e. The van der Waals surface area contributed by atoms with Crippen LogP contribution in [0, 0.1) is 6.92 Å². The molecule has 0 unspecified atom stereocenters. The number of nitrogens with zero attached hydrogens (tertiary/aromatic N) is 1. The van der Waals surface area contributed by atoms with Crippen LogP contribution in [0.2, 0.25) is 10.0 Å². The van der Waals surface area contributed by atoms with Gasteiger partial charge in [-0.25, -0.2) is 4.98 Å². The molecule has 2 aromatic rings.